The summed E-state index contributed by atoms with van der Waals surface area (Å²) in [6, 6.07) is 9.74. The normalized spacial score (nSPS) is 10.3. The van der Waals surface area contributed by atoms with Crippen LogP contribution in [0.3, 0.4) is 0 Å². The Labute approximate surface area is 141 Å². The van der Waals surface area contributed by atoms with Gasteiger partial charge < -0.3 is 19.7 Å². The van der Waals surface area contributed by atoms with Crippen molar-refractivity contribution in [3.05, 3.63) is 52.7 Å². The van der Waals surface area contributed by atoms with E-state index in [0.717, 1.165) is 6.07 Å². The number of phenolic OH excluding ortho intramolecular Hbond substituents is 3. The summed E-state index contributed by atoms with van der Waals surface area (Å²) in [5.74, 6) is -0.133. The first-order chi connectivity index (χ1) is 9.54. The van der Waals surface area contributed by atoms with Gasteiger partial charge in [0.15, 0.2) is 5.43 Å². The van der Waals surface area contributed by atoms with Gasteiger partial charge >= 0.3 is 29.6 Å². The van der Waals surface area contributed by atoms with Gasteiger partial charge in [0, 0.05) is 23.8 Å². The van der Waals surface area contributed by atoms with Gasteiger partial charge in [-0.15, -0.1) is 0 Å². The summed E-state index contributed by atoms with van der Waals surface area (Å²) < 4.78 is 5.53. The van der Waals surface area contributed by atoms with Gasteiger partial charge in [0.1, 0.15) is 34.0 Å². The van der Waals surface area contributed by atoms with E-state index in [1.165, 1.54) is 24.3 Å². The maximum absolute atomic E-state index is 12.0. The molecule has 3 N–H and O–H groups in total. The van der Waals surface area contributed by atoms with Crippen molar-refractivity contribution in [3.8, 4) is 28.6 Å². The van der Waals surface area contributed by atoms with Crippen molar-refractivity contribution in [2.45, 2.75) is 0 Å². The molecule has 0 atom stereocenters. The number of phenols is 3. The van der Waals surface area contributed by atoms with E-state index >= 15 is 0 Å². The molecule has 0 bridgehead atoms. The van der Waals surface area contributed by atoms with E-state index in [-0.39, 0.29) is 63.5 Å². The molecule has 1 aromatic heterocycles. The first-order valence-corrected chi connectivity index (χ1v) is 5.84. The van der Waals surface area contributed by atoms with Crippen LogP contribution in [0.2, 0.25) is 0 Å². The predicted octanol–water partition coefficient (Wildman–Crippen LogP) is -0.419. The molecule has 0 unspecified atom stereocenters. The van der Waals surface area contributed by atoms with Crippen LogP contribution in [0.25, 0.3) is 22.3 Å². The van der Waals surface area contributed by atoms with Gasteiger partial charge in [-0.05, 0) is 24.3 Å². The molecule has 3 rings (SSSR count). The number of hydrogen-bond donors (Lipinski definition) is 3. The smallest absolute Gasteiger partial charge is 0.508 e. The van der Waals surface area contributed by atoms with Gasteiger partial charge in [-0.2, -0.15) is 0 Å². The summed E-state index contributed by atoms with van der Waals surface area (Å²) in [7, 11) is 0. The monoisotopic (exact) mass is 293 g/mol. The number of fused-ring (bicyclic) bond motifs is 1. The predicted molar refractivity (Wildman–Crippen MR) is 72.9 cm³/mol. The van der Waals surface area contributed by atoms with Crippen molar-refractivity contribution in [3.63, 3.8) is 0 Å². The van der Waals surface area contributed by atoms with Gasteiger partial charge in [-0.1, -0.05) is 0 Å². The van der Waals surface area contributed by atoms with Gasteiger partial charge in [0.25, 0.3) is 0 Å². The second-order valence-corrected chi connectivity index (χ2v) is 4.36. The van der Waals surface area contributed by atoms with E-state index in [0.29, 0.717) is 5.56 Å². The van der Waals surface area contributed by atoms with Gasteiger partial charge in [-0.3, -0.25) is 4.79 Å². The minimum Gasteiger partial charge on any atom is -0.508 e. The molecule has 5 nitrogen and oxygen atoms in total. The Morgan fingerprint density at radius 3 is 2.19 bits per heavy atom. The van der Waals surface area contributed by atoms with Crippen LogP contribution in [-0.4, -0.2) is 15.3 Å². The van der Waals surface area contributed by atoms with E-state index < -0.39 is 5.43 Å². The molecule has 3 aromatic rings. The van der Waals surface area contributed by atoms with Crippen LogP contribution in [0, 0.1) is 0 Å². The number of benzene rings is 2. The molecule has 2 aromatic carbocycles. The van der Waals surface area contributed by atoms with E-state index in [4.69, 9.17) is 4.42 Å². The average molecular weight is 293 g/mol. The van der Waals surface area contributed by atoms with Crippen LogP contribution in [0.5, 0.6) is 17.2 Å². The fraction of sp³-hybridized carbons (Fsp3) is 0. The molecule has 0 saturated carbocycles. The second kappa shape index (κ2) is 5.81. The molecule has 6 heteroatoms. The first kappa shape index (κ1) is 15.4. The van der Waals surface area contributed by atoms with Gasteiger partial charge in [0.05, 0.1) is 0 Å². The molecule has 0 aliphatic heterocycles. The van der Waals surface area contributed by atoms with Crippen LogP contribution < -0.4 is 35.0 Å². The minimum absolute atomic E-state index is 0. The third-order valence-corrected chi connectivity index (χ3v) is 2.95. The summed E-state index contributed by atoms with van der Waals surface area (Å²) >= 11 is 0. The zero-order valence-electron chi connectivity index (χ0n) is 11.2. The summed E-state index contributed by atoms with van der Waals surface area (Å²) in [5.41, 5.74) is 0.287. The maximum Gasteiger partial charge on any atom is 1.00 e. The molecule has 0 fully saturated rings. The Balaban J connectivity index is 0.00000161. The van der Waals surface area contributed by atoms with Gasteiger partial charge in [0.2, 0.25) is 0 Å². The second-order valence-electron chi connectivity index (χ2n) is 4.36. The molecule has 0 amide bonds. The summed E-state index contributed by atoms with van der Waals surface area (Å²) in [5, 5.41) is 28.4. The van der Waals surface area contributed by atoms with E-state index in [9.17, 15) is 20.1 Å². The topological polar surface area (TPSA) is 90.9 Å². The third-order valence-electron chi connectivity index (χ3n) is 2.95. The summed E-state index contributed by atoms with van der Waals surface area (Å²) in [6.07, 6.45) is 0. The van der Waals surface area contributed by atoms with Crippen molar-refractivity contribution in [1.29, 1.82) is 0 Å². The quantitative estimate of drug-likeness (QED) is 0.530. The van der Waals surface area contributed by atoms with Crippen molar-refractivity contribution in [2.75, 3.05) is 0 Å². The van der Waals surface area contributed by atoms with Crippen LogP contribution in [-0.2, 0) is 0 Å². The first-order valence-electron chi connectivity index (χ1n) is 5.84. The standard InChI is InChI=1S/C15H10O5.Na/c16-9-3-1-8(2-4-9)13-7-12(19)15-11(18)5-10(17)6-14(15)20-13;/h1-7,16-18H;/q;+1. The van der Waals surface area contributed by atoms with Crippen molar-refractivity contribution < 1.29 is 49.3 Å². The summed E-state index contributed by atoms with van der Waals surface area (Å²) in [4.78, 5) is 12.0. The number of hydrogen-bond acceptors (Lipinski definition) is 5. The third kappa shape index (κ3) is 2.90. The van der Waals surface area contributed by atoms with Crippen LogP contribution in [0.15, 0.2) is 51.7 Å². The van der Waals surface area contributed by atoms with Crippen LogP contribution >= 0.6 is 0 Å². The molecule has 1 heterocycles. The molecule has 100 valence electrons. The Morgan fingerprint density at radius 2 is 1.52 bits per heavy atom. The van der Waals surface area contributed by atoms with Crippen LogP contribution in [0.1, 0.15) is 0 Å². The summed E-state index contributed by atoms with van der Waals surface area (Å²) in [6.45, 7) is 0. The minimum atomic E-state index is -0.410. The van der Waals surface area contributed by atoms with Crippen molar-refractivity contribution >= 4 is 11.0 Å². The number of rotatable bonds is 1. The molecule has 0 saturated heterocycles. The zero-order valence-corrected chi connectivity index (χ0v) is 13.2. The fourth-order valence-electron chi connectivity index (χ4n) is 2.02. The SMILES string of the molecule is O=c1cc(-c2ccc(O)cc2)oc2cc(O)cc(O)c12.[Na+]. The van der Waals surface area contributed by atoms with E-state index in [2.05, 4.69) is 0 Å². The molecular formula is C15H10NaO5+. The number of aromatic hydroxyl groups is 3. The Bertz CT molecular complexity index is 852. The Kier molecular flexibility index (Phi) is 4.27. The Hall–Kier alpha value is -1.95. The van der Waals surface area contributed by atoms with E-state index in [1.54, 1.807) is 12.1 Å². The maximum atomic E-state index is 12.0. The van der Waals surface area contributed by atoms with Gasteiger partial charge in [-0.25, -0.2) is 0 Å². The molecule has 21 heavy (non-hydrogen) atoms. The van der Waals surface area contributed by atoms with E-state index in [1.807, 2.05) is 0 Å². The molecule has 0 radical (unpaired) electrons. The average Bonchev–Trinajstić information content (AvgIpc) is 2.38. The van der Waals surface area contributed by atoms with Crippen molar-refractivity contribution in [2.24, 2.45) is 0 Å². The Morgan fingerprint density at radius 1 is 0.857 bits per heavy atom. The van der Waals surface area contributed by atoms with Crippen LogP contribution in [0.4, 0.5) is 0 Å². The molecule has 0 aliphatic carbocycles. The fourth-order valence-corrected chi connectivity index (χ4v) is 2.02. The zero-order chi connectivity index (χ0) is 14.3. The molecule has 0 spiro atoms. The molecular weight excluding hydrogens is 283 g/mol. The largest absolute Gasteiger partial charge is 1.00 e. The van der Waals surface area contributed by atoms with Crippen molar-refractivity contribution in [1.82, 2.24) is 0 Å². The molecule has 0 aliphatic rings.